The average Bonchev–Trinajstić information content (AvgIpc) is 2.47. The van der Waals surface area contributed by atoms with E-state index in [1.54, 1.807) is 31.2 Å². The Balaban J connectivity index is 2.20. The van der Waals surface area contributed by atoms with Crippen LogP contribution in [0, 0.1) is 5.82 Å². The highest BCUT2D eigenvalue weighted by Crippen LogP contribution is 2.15. The van der Waals surface area contributed by atoms with Crippen molar-refractivity contribution < 1.29 is 19.1 Å². The fourth-order valence-electron chi connectivity index (χ4n) is 2.00. The summed E-state index contributed by atoms with van der Waals surface area (Å²) in [7, 11) is 0. The summed E-state index contributed by atoms with van der Waals surface area (Å²) in [5.74, 6) is -2.07. The van der Waals surface area contributed by atoms with Crippen molar-refractivity contribution in [2.24, 2.45) is 0 Å². The molecule has 0 aromatic heterocycles. The van der Waals surface area contributed by atoms with Crippen LogP contribution in [0.4, 0.5) is 4.39 Å². The van der Waals surface area contributed by atoms with Crippen LogP contribution in [-0.4, -0.2) is 17.0 Å². The molecule has 108 valence electrons. The largest absolute Gasteiger partial charge is 0.478 e. The van der Waals surface area contributed by atoms with E-state index in [1.165, 1.54) is 24.3 Å². The summed E-state index contributed by atoms with van der Waals surface area (Å²) in [5, 5.41) is 11.7. The summed E-state index contributed by atoms with van der Waals surface area (Å²) in [5.41, 5.74) is 0.617. The topological polar surface area (TPSA) is 66.4 Å². The molecule has 0 aliphatic rings. The molecule has 2 N–H and O–H groups in total. The van der Waals surface area contributed by atoms with E-state index >= 15 is 0 Å². The maximum Gasteiger partial charge on any atom is 0.336 e. The molecule has 0 radical (unpaired) electrons. The molecule has 4 nitrogen and oxygen atoms in total. The van der Waals surface area contributed by atoms with Crippen molar-refractivity contribution in [3.05, 3.63) is 71.0 Å². The quantitative estimate of drug-likeness (QED) is 0.908. The monoisotopic (exact) mass is 287 g/mol. The van der Waals surface area contributed by atoms with Crippen LogP contribution in [0.2, 0.25) is 0 Å². The van der Waals surface area contributed by atoms with Gasteiger partial charge >= 0.3 is 5.97 Å². The number of carbonyl (C=O) groups excluding carboxylic acids is 1. The van der Waals surface area contributed by atoms with Crippen molar-refractivity contribution in [1.29, 1.82) is 0 Å². The molecule has 1 amide bonds. The van der Waals surface area contributed by atoms with Crippen molar-refractivity contribution in [3.63, 3.8) is 0 Å². The van der Waals surface area contributed by atoms with Crippen molar-refractivity contribution in [3.8, 4) is 0 Å². The van der Waals surface area contributed by atoms with E-state index in [-0.39, 0.29) is 16.9 Å². The van der Waals surface area contributed by atoms with Crippen molar-refractivity contribution in [2.75, 3.05) is 0 Å². The fraction of sp³-hybridized carbons (Fsp3) is 0.125. The SMILES string of the molecule is C[C@H](NC(=O)c1ccccc1C(=O)O)c1cccc(F)c1. The minimum atomic E-state index is -1.17. The van der Waals surface area contributed by atoms with Gasteiger partial charge in [0.25, 0.3) is 5.91 Å². The molecule has 2 aromatic rings. The van der Waals surface area contributed by atoms with Gasteiger partial charge < -0.3 is 10.4 Å². The molecule has 21 heavy (non-hydrogen) atoms. The maximum atomic E-state index is 13.2. The van der Waals surface area contributed by atoms with Gasteiger partial charge in [-0.3, -0.25) is 4.79 Å². The molecule has 5 heteroatoms. The Morgan fingerprint density at radius 1 is 1.10 bits per heavy atom. The highest BCUT2D eigenvalue weighted by molar-refractivity contribution is 6.04. The predicted octanol–water partition coefficient (Wildman–Crippen LogP) is 3.01. The first-order valence-electron chi connectivity index (χ1n) is 6.37. The summed E-state index contributed by atoms with van der Waals surface area (Å²) in [4.78, 5) is 23.3. The zero-order valence-electron chi connectivity index (χ0n) is 11.3. The minimum absolute atomic E-state index is 0.0681. The van der Waals surface area contributed by atoms with Gasteiger partial charge in [0.1, 0.15) is 5.82 Å². The molecular formula is C16H14FNO3. The molecule has 0 fully saturated rings. The van der Waals surface area contributed by atoms with Crippen LogP contribution in [-0.2, 0) is 0 Å². The number of carbonyl (C=O) groups is 2. The van der Waals surface area contributed by atoms with E-state index in [0.717, 1.165) is 0 Å². The summed E-state index contributed by atoms with van der Waals surface area (Å²) < 4.78 is 13.2. The van der Waals surface area contributed by atoms with E-state index in [0.29, 0.717) is 5.56 Å². The summed E-state index contributed by atoms with van der Waals surface area (Å²) in [6, 6.07) is 11.4. The van der Waals surface area contributed by atoms with Crippen LogP contribution in [0.5, 0.6) is 0 Å². The number of hydrogen-bond donors (Lipinski definition) is 2. The van der Waals surface area contributed by atoms with E-state index in [2.05, 4.69) is 5.32 Å². The molecule has 0 spiro atoms. The van der Waals surface area contributed by atoms with Gasteiger partial charge in [0.2, 0.25) is 0 Å². The molecule has 2 aromatic carbocycles. The van der Waals surface area contributed by atoms with Crippen LogP contribution in [0.3, 0.4) is 0 Å². The lowest BCUT2D eigenvalue weighted by molar-refractivity contribution is 0.0690. The van der Waals surface area contributed by atoms with Gasteiger partial charge in [-0.1, -0.05) is 24.3 Å². The minimum Gasteiger partial charge on any atom is -0.478 e. The average molecular weight is 287 g/mol. The molecule has 0 bridgehead atoms. The first-order chi connectivity index (χ1) is 9.99. The lowest BCUT2D eigenvalue weighted by Crippen LogP contribution is -2.28. The van der Waals surface area contributed by atoms with E-state index in [9.17, 15) is 14.0 Å². The van der Waals surface area contributed by atoms with E-state index < -0.39 is 17.9 Å². The second-order valence-corrected chi connectivity index (χ2v) is 4.60. The molecule has 1 atom stereocenters. The number of rotatable bonds is 4. The molecule has 0 unspecified atom stereocenters. The van der Waals surface area contributed by atoms with Gasteiger partial charge in [0, 0.05) is 0 Å². The third kappa shape index (κ3) is 3.45. The van der Waals surface area contributed by atoms with Crippen molar-refractivity contribution in [1.82, 2.24) is 5.32 Å². The smallest absolute Gasteiger partial charge is 0.336 e. The molecule has 0 saturated carbocycles. The Bertz CT molecular complexity index is 685. The van der Waals surface area contributed by atoms with Crippen LogP contribution in [0.15, 0.2) is 48.5 Å². The standard InChI is InChI=1S/C16H14FNO3/c1-10(11-5-4-6-12(17)9-11)18-15(19)13-7-2-3-8-14(13)16(20)21/h2-10H,1H3,(H,18,19)(H,20,21)/t10-/m0/s1. The fourth-order valence-corrected chi connectivity index (χ4v) is 2.00. The number of aromatic carboxylic acids is 1. The molecule has 0 heterocycles. The van der Waals surface area contributed by atoms with Gasteiger partial charge in [0.05, 0.1) is 17.2 Å². The number of amides is 1. The van der Waals surface area contributed by atoms with Crippen LogP contribution in [0.1, 0.15) is 39.2 Å². The number of carboxylic acid groups (broad SMARTS) is 1. The van der Waals surface area contributed by atoms with Gasteiger partial charge in [-0.25, -0.2) is 9.18 Å². The second-order valence-electron chi connectivity index (χ2n) is 4.60. The molecule has 0 aliphatic heterocycles. The molecule has 0 saturated heterocycles. The zero-order chi connectivity index (χ0) is 15.4. The van der Waals surface area contributed by atoms with Crippen LogP contribution in [0.25, 0.3) is 0 Å². The highest BCUT2D eigenvalue weighted by atomic mass is 19.1. The lowest BCUT2D eigenvalue weighted by Gasteiger charge is -2.15. The Kier molecular flexibility index (Phi) is 4.33. The maximum absolute atomic E-state index is 13.2. The van der Waals surface area contributed by atoms with Gasteiger partial charge in [0.15, 0.2) is 0 Å². The Morgan fingerprint density at radius 2 is 1.76 bits per heavy atom. The first-order valence-corrected chi connectivity index (χ1v) is 6.37. The first kappa shape index (κ1) is 14.7. The number of nitrogens with one attached hydrogen (secondary N) is 1. The summed E-state index contributed by atoms with van der Waals surface area (Å²) in [6.45, 7) is 1.70. The number of hydrogen-bond acceptors (Lipinski definition) is 2. The summed E-state index contributed by atoms with van der Waals surface area (Å²) >= 11 is 0. The van der Waals surface area contributed by atoms with Crippen molar-refractivity contribution in [2.45, 2.75) is 13.0 Å². The summed E-state index contributed by atoms with van der Waals surface area (Å²) in [6.07, 6.45) is 0. The van der Waals surface area contributed by atoms with Gasteiger partial charge in [-0.15, -0.1) is 0 Å². The molecule has 0 aliphatic carbocycles. The van der Waals surface area contributed by atoms with E-state index in [4.69, 9.17) is 5.11 Å². The Labute approximate surface area is 121 Å². The number of carboxylic acids is 1. The molecule has 2 rings (SSSR count). The normalized spacial score (nSPS) is 11.7. The molecular weight excluding hydrogens is 273 g/mol. The second kappa shape index (κ2) is 6.17. The lowest BCUT2D eigenvalue weighted by atomic mass is 10.0. The zero-order valence-corrected chi connectivity index (χ0v) is 11.3. The third-order valence-corrected chi connectivity index (χ3v) is 3.10. The Morgan fingerprint density at radius 3 is 2.38 bits per heavy atom. The number of benzene rings is 2. The van der Waals surface area contributed by atoms with Crippen LogP contribution >= 0.6 is 0 Å². The number of halogens is 1. The van der Waals surface area contributed by atoms with Crippen molar-refractivity contribution >= 4 is 11.9 Å². The van der Waals surface area contributed by atoms with Gasteiger partial charge in [-0.2, -0.15) is 0 Å². The van der Waals surface area contributed by atoms with Crippen LogP contribution < -0.4 is 5.32 Å². The van der Waals surface area contributed by atoms with Gasteiger partial charge in [-0.05, 0) is 36.8 Å². The predicted molar refractivity (Wildman–Crippen MR) is 75.7 cm³/mol. The highest BCUT2D eigenvalue weighted by Gasteiger charge is 2.18. The Hall–Kier alpha value is -2.69. The van der Waals surface area contributed by atoms with E-state index in [1.807, 2.05) is 0 Å². The third-order valence-electron chi connectivity index (χ3n) is 3.10.